The van der Waals surface area contributed by atoms with Crippen LogP contribution in [0, 0.1) is 5.41 Å². The maximum atomic E-state index is 11.9. The van der Waals surface area contributed by atoms with Crippen LogP contribution >= 0.6 is 0 Å². The molecule has 2 unspecified atom stereocenters. The molecule has 0 spiro atoms. The van der Waals surface area contributed by atoms with Crippen molar-refractivity contribution < 1.29 is 14.3 Å². The van der Waals surface area contributed by atoms with Gasteiger partial charge in [0.15, 0.2) is 0 Å². The fourth-order valence-electron chi connectivity index (χ4n) is 1.82. The third-order valence-corrected chi connectivity index (χ3v) is 2.80. The molecule has 1 fully saturated rings. The lowest BCUT2D eigenvalue weighted by atomic mass is 9.83. The van der Waals surface area contributed by atoms with Crippen LogP contribution in [-0.2, 0) is 14.3 Å². The van der Waals surface area contributed by atoms with E-state index in [-0.39, 0.29) is 17.5 Å². The first-order chi connectivity index (χ1) is 7.08. The Morgan fingerprint density at radius 1 is 1.60 bits per heavy atom. The standard InChI is InChI=1S/C11H21NO3/c1-9(7-14-3)15-10(13)11(2)5-4-6-12-8-11/h9,12H,4-8H2,1-3H3. The Kier molecular flexibility index (Phi) is 4.54. The molecule has 1 rings (SSSR count). The van der Waals surface area contributed by atoms with Crippen LogP contribution in [-0.4, -0.2) is 38.9 Å². The van der Waals surface area contributed by atoms with Gasteiger partial charge in [0.2, 0.25) is 0 Å². The molecule has 0 bridgehead atoms. The van der Waals surface area contributed by atoms with E-state index in [1.165, 1.54) is 0 Å². The average molecular weight is 215 g/mol. The topological polar surface area (TPSA) is 47.6 Å². The van der Waals surface area contributed by atoms with Gasteiger partial charge in [-0.15, -0.1) is 0 Å². The zero-order chi connectivity index (χ0) is 11.3. The summed E-state index contributed by atoms with van der Waals surface area (Å²) in [5, 5.41) is 3.23. The second-order valence-electron chi connectivity index (χ2n) is 4.51. The summed E-state index contributed by atoms with van der Waals surface area (Å²) >= 11 is 0. The number of piperidine rings is 1. The molecule has 0 aromatic carbocycles. The van der Waals surface area contributed by atoms with Gasteiger partial charge in [0.05, 0.1) is 12.0 Å². The Labute approximate surface area is 91.3 Å². The summed E-state index contributed by atoms with van der Waals surface area (Å²) in [4.78, 5) is 11.9. The molecular weight excluding hydrogens is 194 g/mol. The van der Waals surface area contributed by atoms with E-state index in [1.807, 2.05) is 13.8 Å². The van der Waals surface area contributed by atoms with Crippen molar-refractivity contribution in [3.05, 3.63) is 0 Å². The van der Waals surface area contributed by atoms with Crippen LogP contribution in [0.3, 0.4) is 0 Å². The minimum atomic E-state index is -0.361. The zero-order valence-corrected chi connectivity index (χ0v) is 9.84. The van der Waals surface area contributed by atoms with Gasteiger partial charge < -0.3 is 14.8 Å². The van der Waals surface area contributed by atoms with Crippen LogP contribution in [0.2, 0.25) is 0 Å². The maximum absolute atomic E-state index is 11.9. The number of hydrogen-bond donors (Lipinski definition) is 1. The lowest BCUT2D eigenvalue weighted by molar-refractivity contribution is -0.163. The fourth-order valence-corrected chi connectivity index (χ4v) is 1.82. The third-order valence-electron chi connectivity index (χ3n) is 2.80. The summed E-state index contributed by atoms with van der Waals surface area (Å²) < 4.78 is 10.3. The molecule has 1 saturated heterocycles. The Bertz CT molecular complexity index is 212. The average Bonchev–Trinajstić information content (AvgIpc) is 2.19. The number of rotatable bonds is 4. The molecule has 0 radical (unpaired) electrons. The van der Waals surface area contributed by atoms with Gasteiger partial charge in [0.1, 0.15) is 6.10 Å². The van der Waals surface area contributed by atoms with E-state index in [1.54, 1.807) is 7.11 Å². The first-order valence-electron chi connectivity index (χ1n) is 5.49. The molecule has 15 heavy (non-hydrogen) atoms. The van der Waals surface area contributed by atoms with Gasteiger partial charge in [-0.25, -0.2) is 0 Å². The second kappa shape index (κ2) is 5.47. The van der Waals surface area contributed by atoms with Crippen molar-refractivity contribution in [3.8, 4) is 0 Å². The summed E-state index contributed by atoms with van der Waals surface area (Å²) in [6, 6.07) is 0. The predicted octanol–water partition coefficient (Wildman–Crippen LogP) is 0.954. The van der Waals surface area contributed by atoms with Gasteiger partial charge in [-0.1, -0.05) is 0 Å². The van der Waals surface area contributed by atoms with Crippen LogP contribution in [0.25, 0.3) is 0 Å². The van der Waals surface area contributed by atoms with Gasteiger partial charge in [0.25, 0.3) is 0 Å². The van der Waals surface area contributed by atoms with Crippen molar-refractivity contribution in [1.82, 2.24) is 5.32 Å². The molecule has 0 amide bonds. The number of nitrogens with one attached hydrogen (secondary N) is 1. The van der Waals surface area contributed by atoms with E-state index in [0.717, 1.165) is 19.4 Å². The van der Waals surface area contributed by atoms with Crippen LogP contribution in [0.15, 0.2) is 0 Å². The quantitative estimate of drug-likeness (QED) is 0.709. The number of methoxy groups -OCH3 is 1. The Morgan fingerprint density at radius 2 is 2.33 bits per heavy atom. The van der Waals surface area contributed by atoms with Gasteiger partial charge in [-0.2, -0.15) is 0 Å². The predicted molar refractivity (Wildman–Crippen MR) is 57.6 cm³/mol. The van der Waals surface area contributed by atoms with E-state index in [4.69, 9.17) is 9.47 Å². The molecule has 1 N–H and O–H groups in total. The second-order valence-corrected chi connectivity index (χ2v) is 4.51. The van der Waals surface area contributed by atoms with E-state index in [9.17, 15) is 4.79 Å². The molecule has 0 aromatic heterocycles. The molecular formula is C11H21NO3. The highest BCUT2D eigenvalue weighted by atomic mass is 16.6. The lowest BCUT2D eigenvalue weighted by Crippen LogP contribution is -2.45. The number of hydrogen-bond acceptors (Lipinski definition) is 4. The molecule has 0 aliphatic carbocycles. The summed E-state index contributed by atoms with van der Waals surface area (Å²) in [6.07, 6.45) is 1.77. The minimum Gasteiger partial charge on any atom is -0.460 e. The molecule has 2 atom stereocenters. The van der Waals surface area contributed by atoms with E-state index in [2.05, 4.69) is 5.32 Å². The molecule has 1 aliphatic heterocycles. The largest absolute Gasteiger partial charge is 0.460 e. The van der Waals surface area contributed by atoms with Crippen molar-refractivity contribution in [2.24, 2.45) is 5.41 Å². The van der Waals surface area contributed by atoms with Crippen molar-refractivity contribution in [1.29, 1.82) is 0 Å². The number of carbonyl (C=O) groups excluding carboxylic acids is 1. The SMILES string of the molecule is COCC(C)OC(=O)C1(C)CCCNC1. The number of esters is 1. The molecule has 88 valence electrons. The molecule has 4 heteroatoms. The van der Waals surface area contributed by atoms with Crippen LogP contribution in [0.5, 0.6) is 0 Å². The smallest absolute Gasteiger partial charge is 0.313 e. The summed E-state index contributed by atoms with van der Waals surface area (Å²) in [5.41, 5.74) is -0.361. The lowest BCUT2D eigenvalue weighted by Gasteiger charge is -2.32. The Morgan fingerprint density at radius 3 is 2.87 bits per heavy atom. The number of carbonyl (C=O) groups is 1. The van der Waals surface area contributed by atoms with E-state index in [0.29, 0.717) is 13.2 Å². The first-order valence-corrected chi connectivity index (χ1v) is 5.49. The van der Waals surface area contributed by atoms with E-state index >= 15 is 0 Å². The highest BCUT2D eigenvalue weighted by Gasteiger charge is 2.36. The monoisotopic (exact) mass is 215 g/mol. The normalized spacial score (nSPS) is 28.5. The van der Waals surface area contributed by atoms with Crippen molar-refractivity contribution >= 4 is 5.97 Å². The van der Waals surface area contributed by atoms with Crippen LogP contribution in [0.4, 0.5) is 0 Å². The van der Waals surface area contributed by atoms with E-state index < -0.39 is 0 Å². The molecule has 4 nitrogen and oxygen atoms in total. The maximum Gasteiger partial charge on any atom is 0.313 e. The van der Waals surface area contributed by atoms with Crippen LogP contribution < -0.4 is 5.32 Å². The fraction of sp³-hybridized carbons (Fsp3) is 0.909. The Balaban J connectivity index is 2.44. The Hall–Kier alpha value is -0.610. The number of ether oxygens (including phenoxy) is 2. The third kappa shape index (κ3) is 3.47. The highest BCUT2D eigenvalue weighted by Crippen LogP contribution is 2.27. The zero-order valence-electron chi connectivity index (χ0n) is 9.84. The minimum absolute atomic E-state index is 0.112. The van der Waals surface area contributed by atoms with Crippen LogP contribution in [0.1, 0.15) is 26.7 Å². The summed E-state index contributed by atoms with van der Waals surface area (Å²) in [5.74, 6) is -0.112. The molecule has 1 heterocycles. The van der Waals surface area contributed by atoms with Crippen molar-refractivity contribution in [3.63, 3.8) is 0 Å². The first kappa shape index (κ1) is 12.5. The van der Waals surface area contributed by atoms with Gasteiger partial charge >= 0.3 is 5.97 Å². The van der Waals surface area contributed by atoms with Gasteiger partial charge in [0, 0.05) is 13.7 Å². The van der Waals surface area contributed by atoms with Crippen molar-refractivity contribution in [2.75, 3.05) is 26.8 Å². The van der Waals surface area contributed by atoms with Gasteiger partial charge in [-0.05, 0) is 33.2 Å². The summed E-state index contributed by atoms with van der Waals surface area (Å²) in [6.45, 7) is 5.97. The molecule has 0 aromatic rings. The molecule has 1 aliphatic rings. The van der Waals surface area contributed by atoms with Crippen molar-refractivity contribution in [2.45, 2.75) is 32.8 Å². The summed E-state index contributed by atoms with van der Waals surface area (Å²) in [7, 11) is 1.61. The molecule has 0 saturated carbocycles. The van der Waals surface area contributed by atoms with Gasteiger partial charge in [-0.3, -0.25) is 4.79 Å². The highest BCUT2D eigenvalue weighted by molar-refractivity contribution is 5.77.